The van der Waals surface area contributed by atoms with Crippen LogP contribution in [0.1, 0.15) is 121 Å². The van der Waals surface area contributed by atoms with Gasteiger partial charge in [0.25, 0.3) is 0 Å². The van der Waals surface area contributed by atoms with Crippen LogP contribution in [0.15, 0.2) is 66.7 Å². The average Bonchev–Trinajstić information content (AvgIpc) is 2.97. The minimum atomic E-state index is -1.27. The summed E-state index contributed by atoms with van der Waals surface area (Å²) < 4.78 is 5.89. The standard InChI is InChI=1S/C22H28O3.C20H26O/c1-14(2)18-9-7-17(8-10-18)13-19-16(4)11-15(3)12-20(19)25-22(5,6)21(23)24;1-6-18-14(4)11-20(21)19(15(18)5)12-16-7-9-17(10-8-16)13(2)3/h7-12,14H,13H2,1-6H3,(H,23,24);7-11,13,21H,6,12H2,1-5H3. The maximum Gasteiger partial charge on any atom is 0.347 e. The minimum Gasteiger partial charge on any atom is -0.508 e. The highest BCUT2D eigenvalue weighted by Gasteiger charge is 2.30. The number of hydrogen-bond acceptors (Lipinski definition) is 3. The molecule has 0 fully saturated rings. The lowest BCUT2D eigenvalue weighted by Gasteiger charge is -2.25. The van der Waals surface area contributed by atoms with Crippen molar-refractivity contribution in [3.63, 3.8) is 0 Å². The van der Waals surface area contributed by atoms with E-state index in [0.717, 1.165) is 41.5 Å². The van der Waals surface area contributed by atoms with E-state index >= 15 is 0 Å². The van der Waals surface area contributed by atoms with E-state index in [1.165, 1.54) is 38.9 Å². The molecule has 46 heavy (non-hydrogen) atoms. The molecule has 0 saturated heterocycles. The van der Waals surface area contributed by atoms with Crippen molar-refractivity contribution in [3.05, 3.63) is 128 Å². The molecule has 0 amide bonds. The number of ether oxygens (including phenoxy) is 1. The van der Waals surface area contributed by atoms with Crippen LogP contribution >= 0.6 is 0 Å². The second-order valence-electron chi connectivity index (χ2n) is 13.8. The second-order valence-corrected chi connectivity index (χ2v) is 13.8. The zero-order valence-corrected chi connectivity index (χ0v) is 29.8. The van der Waals surface area contributed by atoms with Crippen LogP contribution in [0.2, 0.25) is 0 Å². The number of hydrogen-bond donors (Lipinski definition) is 2. The number of rotatable bonds is 10. The van der Waals surface area contributed by atoms with Gasteiger partial charge in [-0.3, -0.25) is 0 Å². The quantitative estimate of drug-likeness (QED) is 0.185. The molecular weight excluding hydrogens is 568 g/mol. The molecule has 4 nitrogen and oxygen atoms in total. The van der Waals surface area contributed by atoms with Crippen LogP contribution in [-0.4, -0.2) is 21.8 Å². The highest BCUT2D eigenvalue weighted by Crippen LogP contribution is 2.32. The molecule has 0 bridgehead atoms. The first kappa shape index (κ1) is 36.4. The summed E-state index contributed by atoms with van der Waals surface area (Å²) in [5, 5.41) is 19.7. The van der Waals surface area contributed by atoms with Gasteiger partial charge >= 0.3 is 5.97 Å². The zero-order chi connectivity index (χ0) is 34.3. The second kappa shape index (κ2) is 15.5. The van der Waals surface area contributed by atoms with Crippen LogP contribution in [0, 0.1) is 27.7 Å². The van der Waals surface area contributed by atoms with Gasteiger partial charge in [-0.25, -0.2) is 4.79 Å². The van der Waals surface area contributed by atoms with Crippen molar-refractivity contribution in [1.29, 1.82) is 0 Å². The molecule has 0 aliphatic heterocycles. The van der Waals surface area contributed by atoms with Crippen molar-refractivity contribution >= 4 is 5.97 Å². The predicted molar refractivity (Wildman–Crippen MR) is 192 cm³/mol. The Morgan fingerprint density at radius 2 is 1.17 bits per heavy atom. The Bertz CT molecular complexity index is 1620. The van der Waals surface area contributed by atoms with Crippen LogP contribution in [0.3, 0.4) is 0 Å². The molecule has 0 spiro atoms. The number of phenolic OH excluding ortho intramolecular Hbond substituents is 1. The zero-order valence-electron chi connectivity index (χ0n) is 29.8. The van der Waals surface area contributed by atoms with E-state index in [0.29, 0.717) is 23.3 Å². The Morgan fingerprint density at radius 1 is 0.717 bits per heavy atom. The summed E-state index contributed by atoms with van der Waals surface area (Å²) in [5.41, 5.74) is 11.9. The van der Waals surface area contributed by atoms with Gasteiger partial charge in [-0.2, -0.15) is 0 Å². The van der Waals surface area contributed by atoms with Crippen molar-refractivity contribution in [1.82, 2.24) is 0 Å². The largest absolute Gasteiger partial charge is 0.508 e. The van der Waals surface area contributed by atoms with Gasteiger partial charge in [0.15, 0.2) is 5.60 Å². The van der Waals surface area contributed by atoms with Gasteiger partial charge in [0.1, 0.15) is 11.5 Å². The number of aryl methyl sites for hydroxylation is 3. The molecule has 0 saturated carbocycles. The van der Waals surface area contributed by atoms with Gasteiger partial charge in [0.2, 0.25) is 0 Å². The monoisotopic (exact) mass is 622 g/mol. The number of phenols is 1. The summed E-state index contributed by atoms with van der Waals surface area (Å²) in [4.78, 5) is 11.4. The number of aromatic hydroxyl groups is 1. The Labute approximate surface area is 277 Å². The summed E-state index contributed by atoms with van der Waals surface area (Å²) in [7, 11) is 0. The maximum atomic E-state index is 11.4. The van der Waals surface area contributed by atoms with Gasteiger partial charge in [0, 0.05) is 24.0 Å². The Balaban J connectivity index is 0.000000254. The van der Waals surface area contributed by atoms with Gasteiger partial charge in [-0.15, -0.1) is 0 Å². The summed E-state index contributed by atoms with van der Waals surface area (Å²) in [6.07, 6.45) is 2.52. The van der Waals surface area contributed by atoms with Crippen LogP contribution in [-0.2, 0) is 24.1 Å². The van der Waals surface area contributed by atoms with E-state index in [4.69, 9.17) is 4.74 Å². The van der Waals surface area contributed by atoms with Gasteiger partial charge in [-0.1, -0.05) is 89.2 Å². The lowest BCUT2D eigenvalue weighted by molar-refractivity contribution is -0.152. The number of carbonyl (C=O) groups is 1. The Kier molecular flexibility index (Phi) is 12.3. The third-order valence-corrected chi connectivity index (χ3v) is 8.91. The molecule has 0 heterocycles. The van der Waals surface area contributed by atoms with E-state index in [2.05, 4.69) is 103 Å². The Hall–Kier alpha value is -4.05. The first-order valence-electron chi connectivity index (χ1n) is 16.5. The summed E-state index contributed by atoms with van der Waals surface area (Å²) >= 11 is 0. The molecule has 0 atom stereocenters. The number of benzene rings is 4. The molecular formula is C42H54O4. The first-order valence-corrected chi connectivity index (χ1v) is 16.5. The fraction of sp³-hybridized carbons (Fsp3) is 0.405. The van der Waals surface area contributed by atoms with Gasteiger partial charge < -0.3 is 14.9 Å². The normalized spacial score (nSPS) is 11.4. The molecule has 0 radical (unpaired) electrons. The summed E-state index contributed by atoms with van der Waals surface area (Å²) in [6.45, 7) is 22.3. The van der Waals surface area contributed by atoms with Gasteiger partial charge in [-0.05, 0) is 122 Å². The number of carboxylic acids is 1. The van der Waals surface area contributed by atoms with Crippen LogP contribution in [0.4, 0.5) is 0 Å². The molecule has 0 aliphatic rings. The van der Waals surface area contributed by atoms with Crippen molar-refractivity contribution in [2.75, 3.05) is 0 Å². The molecule has 246 valence electrons. The van der Waals surface area contributed by atoms with E-state index in [-0.39, 0.29) is 0 Å². The van der Waals surface area contributed by atoms with Crippen LogP contribution in [0.25, 0.3) is 0 Å². The third-order valence-electron chi connectivity index (χ3n) is 8.91. The highest BCUT2D eigenvalue weighted by atomic mass is 16.5. The van der Waals surface area contributed by atoms with Crippen molar-refractivity contribution in [3.8, 4) is 11.5 Å². The Morgan fingerprint density at radius 3 is 1.61 bits per heavy atom. The summed E-state index contributed by atoms with van der Waals surface area (Å²) in [6, 6.07) is 23.3. The smallest absolute Gasteiger partial charge is 0.347 e. The molecule has 0 aliphatic carbocycles. The fourth-order valence-electron chi connectivity index (χ4n) is 5.86. The van der Waals surface area contributed by atoms with E-state index in [1.807, 2.05) is 26.0 Å². The van der Waals surface area contributed by atoms with Crippen molar-refractivity contribution < 1.29 is 19.7 Å². The maximum absolute atomic E-state index is 11.4. The molecule has 0 unspecified atom stereocenters. The van der Waals surface area contributed by atoms with E-state index in [9.17, 15) is 15.0 Å². The first-order chi connectivity index (χ1) is 21.5. The third kappa shape index (κ3) is 9.25. The van der Waals surface area contributed by atoms with Crippen molar-refractivity contribution in [2.45, 2.75) is 113 Å². The molecule has 4 aromatic rings. The molecule has 4 rings (SSSR count). The van der Waals surface area contributed by atoms with E-state index < -0.39 is 11.6 Å². The van der Waals surface area contributed by atoms with E-state index in [1.54, 1.807) is 13.8 Å². The fourth-order valence-corrected chi connectivity index (χ4v) is 5.86. The highest BCUT2D eigenvalue weighted by molar-refractivity contribution is 5.77. The molecule has 4 heteroatoms. The average molecular weight is 623 g/mol. The minimum absolute atomic E-state index is 0.426. The van der Waals surface area contributed by atoms with Crippen LogP contribution in [0.5, 0.6) is 11.5 Å². The van der Waals surface area contributed by atoms with Crippen molar-refractivity contribution in [2.24, 2.45) is 0 Å². The molecule has 0 aromatic heterocycles. The lowest BCUT2D eigenvalue weighted by Crippen LogP contribution is -2.38. The summed E-state index contributed by atoms with van der Waals surface area (Å²) in [5.74, 6) is 1.16. The predicted octanol–water partition coefficient (Wildman–Crippen LogP) is 10.5. The number of carboxylic acid groups (broad SMARTS) is 1. The molecule has 2 N–H and O–H groups in total. The lowest BCUT2D eigenvalue weighted by atomic mass is 9.91. The van der Waals surface area contributed by atoms with Gasteiger partial charge in [0.05, 0.1) is 0 Å². The van der Waals surface area contributed by atoms with Crippen LogP contribution < -0.4 is 4.74 Å². The number of aliphatic carboxylic acids is 1. The topological polar surface area (TPSA) is 66.8 Å². The SMILES string of the molecule is CCc1c(C)cc(O)c(Cc2ccc(C(C)C)cc2)c1C.Cc1cc(C)c(Cc2ccc(C(C)C)cc2)c(OC(C)(C)C(=O)O)c1. The molecule has 4 aromatic carbocycles.